The van der Waals surface area contributed by atoms with E-state index >= 15 is 0 Å². The van der Waals surface area contributed by atoms with Crippen LogP contribution in [-0.4, -0.2) is 40.0 Å². The van der Waals surface area contributed by atoms with E-state index in [0.717, 1.165) is 10.6 Å². The topological polar surface area (TPSA) is 117 Å². The molecule has 3 N–H and O–H groups in total. The summed E-state index contributed by atoms with van der Waals surface area (Å²) in [6.07, 6.45) is 1.28. The number of hydrogen-bond donors (Lipinski definition) is 2. The van der Waals surface area contributed by atoms with Gasteiger partial charge >= 0.3 is 0 Å². The summed E-state index contributed by atoms with van der Waals surface area (Å²) in [5.74, 6) is -1.24. The quantitative estimate of drug-likeness (QED) is 0.595. The van der Waals surface area contributed by atoms with Crippen LogP contribution in [0.1, 0.15) is 16.1 Å². The van der Waals surface area contributed by atoms with Crippen LogP contribution in [0.15, 0.2) is 47.0 Å². The van der Waals surface area contributed by atoms with Crippen molar-refractivity contribution < 1.29 is 14.0 Å². The molecule has 0 fully saturated rings. The molecule has 23 heavy (non-hydrogen) atoms. The molecule has 8 nitrogen and oxygen atoms in total. The number of carbonyl (C=O) groups excluding carboxylic acids is 2. The van der Waals surface area contributed by atoms with E-state index in [2.05, 4.69) is 20.3 Å². The molecule has 1 aromatic heterocycles. The van der Waals surface area contributed by atoms with Crippen molar-refractivity contribution in [2.45, 2.75) is 6.42 Å². The molecule has 0 atom stereocenters. The number of carbonyl (C=O) groups is 2. The second-order valence-electron chi connectivity index (χ2n) is 4.52. The standard InChI is InChI=1S/C14H15FN6O2/c15-6-7-21(11(22)8-10-4-2-1-3-5-10)20-19-14-12(13(16)23)17-9-18-14/h1-5,9H,6-8H2,(H2,16,23)(H,17,18). The zero-order chi connectivity index (χ0) is 16.7. The summed E-state index contributed by atoms with van der Waals surface area (Å²) in [7, 11) is 0. The van der Waals surface area contributed by atoms with Crippen LogP contribution in [-0.2, 0) is 11.2 Å². The Morgan fingerprint density at radius 3 is 2.70 bits per heavy atom. The van der Waals surface area contributed by atoms with Gasteiger partial charge in [-0.2, -0.15) is 0 Å². The first-order chi connectivity index (χ1) is 11.1. The Kier molecular flexibility index (Phi) is 5.50. The zero-order valence-corrected chi connectivity index (χ0v) is 12.1. The Hall–Kier alpha value is -3.10. The molecule has 0 aliphatic rings. The molecule has 120 valence electrons. The lowest BCUT2D eigenvalue weighted by Gasteiger charge is -2.13. The van der Waals surface area contributed by atoms with E-state index in [0.29, 0.717) is 0 Å². The van der Waals surface area contributed by atoms with Crippen molar-refractivity contribution in [2.24, 2.45) is 16.1 Å². The van der Waals surface area contributed by atoms with E-state index in [-0.39, 0.29) is 24.5 Å². The number of imidazole rings is 1. The van der Waals surface area contributed by atoms with Crippen molar-refractivity contribution in [3.05, 3.63) is 47.9 Å². The van der Waals surface area contributed by atoms with Crippen molar-refractivity contribution in [3.63, 3.8) is 0 Å². The molecule has 0 saturated carbocycles. The predicted molar refractivity (Wildman–Crippen MR) is 79.5 cm³/mol. The van der Waals surface area contributed by atoms with Gasteiger partial charge in [0.2, 0.25) is 11.7 Å². The Balaban J connectivity index is 2.11. The number of rotatable bonds is 7. The number of aromatic nitrogens is 2. The molecule has 0 bridgehead atoms. The number of benzene rings is 1. The summed E-state index contributed by atoms with van der Waals surface area (Å²) < 4.78 is 12.6. The SMILES string of the molecule is NC(=O)c1[nH]cnc1N=NN(CCF)C(=O)Cc1ccccc1. The van der Waals surface area contributed by atoms with Gasteiger partial charge in [0, 0.05) is 0 Å². The van der Waals surface area contributed by atoms with Crippen LogP contribution >= 0.6 is 0 Å². The molecular formula is C14H15FN6O2. The lowest BCUT2D eigenvalue weighted by molar-refractivity contribution is -0.131. The Labute approximate surface area is 131 Å². The molecule has 0 aliphatic carbocycles. The summed E-state index contributed by atoms with van der Waals surface area (Å²) in [5, 5.41) is 8.26. The van der Waals surface area contributed by atoms with Crippen LogP contribution in [0.2, 0.25) is 0 Å². The highest BCUT2D eigenvalue weighted by atomic mass is 19.1. The summed E-state index contributed by atoms with van der Waals surface area (Å²) in [5.41, 5.74) is 5.87. The number of alkyl halides is 1. The highest BCUT2D eigenvalue weighted by Gasteiger charge is 2.15. The van der Waals surface area contributed by atoms with E-state index in [9.17, 15) is 14.0 Å². The number of halogens is 1. The number of aromatic amines is 1. The number of nitrogens with one attached hydrogen (secondary N) is 1. The van der Waals surface area contributed by atoms with E-state index in [1.54, 1.807) is 24.3 Å². The van der Waals surface area contributed by atoms with E-state index in [4.69, 9.17) is 5.73 Å². The fourth-order valence-corrected chi connectivity index (χ4v) is 1.80. The maximum Gasteiger partial charge on any atom is 0.269 e. The van der Waals surface area contributed by atoms with Gasteiger partial charge in [-0.25, -0.2) is 14.4 Å². The molecule has 2 aromatic rings. The fourth-order valence-electron chi connectivity index (χ4n) is 1.80. The first-order valence-corrected chi connectivity index (χ1v) is 6.77. The normalized spacial score (nSPS) is 10.8. The third-order valence-corrected chi connectivity index (χ3v) is 2.90. The molecule has 0 spiro atoms. The van der Waals surface area contributed by atoms with Gasteiger partial charge in [-0.15, -0.1) is 5.11 Å². The average Bonchev–Trinajstić information content (AvgIpc) is 3.01. The van der Waals surface area contributed by atoms with Gasteiger partial charge < -0.3 is 10.7 Å². The predicted octanol–water partition coefficient (Wildman–Crippen LogP) is 1.55. The van der Waals surface area contributed by atoms with Crippen LogP contribution in [0.5, 0.6) is 0 Å². The van der Waals surface area contributed by atoms with Gasteiger partial charge in [-0.3, -0.25) is 9.59 Å². The maximum absolute atomic E-state index is 12.6. The third kappa shape index (κ3) is 4.43. The second-order valence-corrected chi connectivity index (χ2v) is 4.52. The van der Waals surface area contributed by atoms with E-state index in [1.165, 1.54) is 6.33 Å². The lowest BCUT2D eigenvalue weighted by Crippen LogP contribution is -2.29. The largest absolute Gasteiger partial charge is 0.364 e. The van der Waals surface area contributed by atoms with Crippen molar-refractivity contribution >= 4 is 17.6 Å². The first kappa shape index (κ1) is 16.3. The molecule has 2 amide bonds. The summed E-state index contributed by atoms with van der Waals surface area (Å²) in [4.78, 5) is 29.6. The Morgan fingerprint density at radius 1 is 1.30 bits per heavy atom. The average molecular weight is 318 g/mol. The molecule has 0 saturated heterocycles. The van der Waals surface area contributed by atoms with E-state index < -0.39 is 18.5 Å². The van der Waals surface area contributed by atoms with Crippen molar-refractivity contribution in [2.75, 3.05) is 13.2 Å². The van der Waals surface area contributed by atoms with Crippen LogP contribution in [0.3, 0.4) is 0 Å². The van der Waals surface area contributed by atoms with E-state index in [1.807, 2.05) is 6.07 Å². The third-order valence-electron chi connectivity index (χ3n) is 2.90. The molecule has 1 aromatic carbocycles. The molecule has 1 heterocycles. The number of H-pyrrole nitrogens is 1. The summed E-state index contributed by atoms with van der Waals surface area (Å²) in [6.45, 7) is -1.02. The number of amides is 2. The smallest absolute Gasteiger partial charge is 0.269 e. The van der Waals surface area contributed by atoms with Gasteiger partial charge in [0.15, 0.2) is 5.69 Å². The highest BCUT2D eigenvalue weighted by molar-refractivity contribution is 5.94. The van der Waals surface area contributed by atoms with Gasteiger partial charge in [0.05, 0.1) is 19.3 Å². The molecule has 2 rings (SSSR count). The minimum absolute atomic E-state index is 0.0375. The summed E-state index contributed by atoms with van der Waals surface area (Å²) >= 11 is 0. The lowest BCUT2D eigenvalue weighted by atomic mass is 10.1. The Morgan fingerprint density at radius 2 is 2.04 bits per heavy atom. The van der Waals surface area contributed by atoms with Crippen molar-refractivity contribution in [3.8, 4) is 0 Å². The molecular weight excluding hydrogens is 303 g/mol. The fraction of sp³-hybridized carbons (Fsp3) is 0.214. The van der Waals surface area contributed by atoms with Crippen LogP contribution in [0.4, 0.5) is 10.2 Å². The first-order valence-electron chi connectivity index (χ1n) is 6.77. The molecule has 0 radical (unpaired) electrons. The van der Waals surface area contributed by atoms with Gasteiger partial charge in [0.25, 0.3) is 5.91 Å². The number of primary amides is 1. The minimum atomic E-state index is -0.775. The van der Waals surface area contributed by atoms with Gasteiger partial charge in [-0.1, -0.05) is 35.6 Å². The van der Waals surface area contributed by atoms with Crippen LogP contribution < -0.4 is 5.73 Å². The molecule has 0 unspecified atom stereocenters. The number of nitrogens with zero attached hydrogens (tertiary/aromatic N) is 4. The van der Waals surface area contributed by atoms with Crippen molar-refractivity contribution in [1.29, 1.82) is 0 Å². The number of hydrogen-bond acceptors (Lipinski definition) is 5. The van der Waals surface area contributed by atoms with Gasteiger partial charge in [-0.05, 0) is 5.56 Å². The summed E-state index contributed by atoms with van der Waals surface area (Å²) in [6, 6.07) is 8.98. The monoisotopic (exact) mass is 318 g/mol. The van der Waals surface area contributed by atoms with Crippen LogP contribution in [0.25, 0.3) is 0 Å². The van der Waals surface area contributed by atoms with Crippen molar-refractivity contribution in [1.82, 2.24) is 15.0 Å². The molecule has 9 heteroatoms. The van der Waals surface area contributed by atoms with Crippen LogP contribution in [0, 0.1) is 0 Å². The zero-order valence-electron chi connectivity index (χ0n) is 12.1. The Bertz CT molecular complexity index is 700. The minimum Gasteiger partial charge on any atom is -0.364 e. The second kappa shape index (κ2) is 7.78. The van der Waals surface area contributed by atoms with Gasteiger partial charge in [0.1, 0.15) is 6.67 Å². The molecule has 0 aliphatic heterocycles. The maximum atomic E-state index is 12.6. The highest BCUT2D eigenvalue weighted by Crippen LogP contribution is 2.14. The number of nitrogens with two attached hydrogens (primary N) is 1.